The summed E-state index contributed by atoms with van der Waals surface area (Å²) in [6, 6.07) is 0.559. The van der Waals surface area contributed by atoms with Crippen molar-refractivity contribution < 1.29 is 55.2 Å². The summed E-state index contributed by atoms with van der Waals surface area (Å²) in [6.45, 7) is 16.0. The Hall–Kier alpha value is -2.51. The standard InChI is InChI=1S/C34H68N4O12Si2/c1-7-45-51(46-8-2,47-9-3)29-21-27-43-33(40)37-24-18-14-13-17-23-36-32(39)38(25-19-15-16-20-26-42-31-35)34(41)44-28-22-30-52(48-10-4,49-11-5)50-12-6/h7-30H2,1-6H3,(H,36,39)(H,37,40). The van der Waals surface area contributed by atoms with E-state index in [2.05, 4.69) is 10.6 Å². The van der Waals surface area contributed by atoms with Crippen molar-refractivity contribution in [2.45, 2.75) is 118 Å². The fourth-order valence-electron chi connectivity index (χ4n) is 5.24. The Bertz CT molecular complexity index is 930. The molecule has 304 valence electrons. The molecule has 0 radical (unpaired) electrons. The normalized spacial score (nSPS) is 11.5. The number of hydrogen-bond donors (Lipinski definition) is 2. The van der Waals surface area contributed by atoms with Crippen LogP contribution in [0.25, 0.3) is 0 Å². The molecular formula is C34H68N4O12Si2. The molecule has 0 aromatic carbocycles. The number of ether oxygens (including phenoxy) is 3. The number of urea groups is 1. The second-order valence-electron chi connectivity index (χ2n) is 11.5. The molecule has 0 rings (SSSR count). The monoisotopic (exact) mass is 780 g/mol. The minimum absolute atomic E-state index is 0.0929. The first-order chi connectivity index (χ1) is 25.2. The van der Waals surface area contributed by atoms with Crippen LogP contribution >= 0.6 is 0 Å². The van der Waals surface area contributed by atoms with Gasteiger partial charge in [-0.25, -0.2) is 19.3 Å². The van der Waals surface area contributed by atoms with Gasteiger partial charge < -0.3 is 51.4 Å². The Kier molecular flexibility index (Phi) is 31.5. The van der Waals surface area contributed by atoms with Crippen molar-refractivity contribution in [2.24, 2.45) is 0 Å². The number of carbonyl (C=O) groups is 3. The van der Waals surface area contributed by atoms with E-state index in [1.54, 1.807) is 6.26 Å². The number of amides is 4. The lowest BCUT2D eigenvalue weighted by Crippen LogP contribution is -2.46. The van der Waals surface area contributed by atoms with Crippen LogP contribution in [0, 0.1) is 11.5 Å². The molecule has 0 heterocycles. The summed E-state index contributed by atoms with van der Waals surface area (Å²) in [5.41, 5.74) is 0. The number of unbranched alkanes of at least 4 members (excludes halogenated alkanes) is 6. The molecule has 0 bridgehead atoms. The van der Waals surface area contributed by atoms with Gasteiger partial charge >= 0.3 is 35.8 Å². The lowest BCUT2D eigenvalue weighted by Gasteiger charge is -2.28. The first-order valence-corrected chi connectivity index (χ1v) is 23.1. The average molecular weight is 781 g/mol. The lowest BCUT2D eigenvalue weighted by atomic mass is 10.2. The van der Waals surface area contributed by atoms with E-state index in [-0.39, 0.29) is 19.8 Å². The minimum atomic E-state index is -2.87. The van der Waals surface area contributed by atoms with Gasteiger partial charge in [0.2, 0.25) is 0 Å². The topological polar surface area (TPSA) is 185 Å². The quantitative estimate of drug-likeness (QED) is 0.0418. The summed E-state index contributed by atoms with van der Waals surface area (Å²) in [7, 11) is -5.62. The van der Waals surface area contributed by atoms with Crippen LogP contribution in [0.4, 0.5) is 14.4 Å². The summed E-state index contributed by atoms with van der Waals surface area (Å²) < 4.78 is 50.6. The highest BCUT2D eigenvalue weighted by atomic mass is 28.4. The largest absolute Gasteiger partial charge is 0.501 e. The highest BCUT2D eigenvalue weighted by molar-refractivity contribution is 6.61. The predicted molar refractivity (Wildman–Crippen MR) is 199 cm³/mol. The summed E-state index contributed by atoms with van der Waals surface area (Å²) in [5, 5.41) is 14.1. The Labute approximate surface area is 314 Å². The maximum atomic E-state index is 13.0. The van der Waals surface area contributed by atoms with E-state index in [1.165, 1.54) is 0 Å². The van der Waals surface area contributed by atoms with Crippen molar-refractivity contribution in [2.75, 3.05) is 79.1 Å². The van der Waals surface area contributed by atoms with E-state index in [1.807, 2.05) is 41.5 Å². The molecule has 52 heavy (non-hydrogen) atoms. The zero-order chi connectivity index (χ0) is 38.8. The summed E-state index contributed by atoms with van der Waals surface area (Å²) in [4.78, 5) is 39.2. The molecule has 4 amide bonds. The van der Waals surface area contributed by atoms with Crippen molar-refractivity contribution in [1.29, 1.82) is 5.26 Å². The lowest BCUT2D eigenvalue weighted by molar-refractivity contribution is 0.0666. The van der Waals surface area contributed by atoms with Gasteiger partial charge in [-0.2, -0.15) is 5.26 Å². The third kappa shape index (κ3) is 23.9. The molecule has 0 spiro atoms. The molecule has 0 aromatic rings. The molecule has 0 saturated heterocycles. The first kappa shape index (κ1) is 49.5. The van der Waals surface area contributed by atoms with E-state index in [0.717, 1.165) is 37.0 Å². The highest BCUT2D eigenvalue weighted by Gasteiger charge is 2.40. The van der Waals surface area contributed by atoms with Gasteiger partial charge in [0.1, 0.15) is 6.61 Å². The third-order valence-corrected chi connectivity index (χ3v) is 13.8. The van der Waals surface area contributed by atoms with E-state index < -0.39 is 35.8 Å². The Morgan fingerprint density at radius 2 is 1.00 bits per heavy atom. The number of imide groups is 1. The number of rotatable bonds is 34. The van der Waals surface area contributed by atoms with Crippen LogP contribution in [-0.4, -0.2) is 120 Å². The predicted octanol–water partition coefficient (Wildman–Crippen LogP) is 6.36. The smallest absolute Gasteiger partial charge is 0.450 e. The zero-order valence-corrected chi connectivity index (χ0v) is 34.8. The van der Waals surface area contributed by atoms with E-state index in [9.17, 15) is 14.4 Å². The van der Waals surface area contributed by atoms with Gasteiger partial charge in [-0.3, -0.25) is 0 Å². The molecule has 0 aromatic heterocycles. The molecule has 0 atom stereocenters. The Morgan fingerprint density at radius 3 is 1.48 bits per heavy atom. The summed E-state index contributed by atoms with van der Waals surface area (Å²) in [5.74, 6) is 0. The van der Waals surface area contributed by atoms with Crippen molar-refractivity contribution in [3.05, 3.63) is 0 Å². The van der Waals surface area contributed by atoms with E-state index in [0.29, 0.717) is 104 Å². The number of hydrogen-bond acceptors (Lipinski definition) is 13. The Balaban J connectivity index is 4.60. The van der Waals surface area contributed by atoms with Gasteiger partial charge in [0, 0.05) is 71.4 Å². The van der Waals surface area contributed by atoms with Crippen molar-refractivity contribution in [3.8, 4) is 6.26 Å². The Morgan fingerprint density at radius 1 is 0.558 bits per heavy atom. The molecular weight excluding hydrogens is 713 g/mol. The minimum Gasteiger partial charge on any atom is -0.450 e. The molecule has 2 N–H and O–H groups in total. The SMILES string of the molecule is CCO[Si](CCCOC(=O)NCCCCCCNC(=O)N(CCCCCCOC#N)C(=O)OCCC[Si](OCC)(OCC)OCC)(OCC)OCC. The van der Waals surface area contributed by atoms with Crippen molar-refractivity contribution in [1.82, 2.24) is 15.5 Å². The van der Waals surface area contributed by atoms with Gasteiger partial charge in [-0.05, 0) is 86.5 Å². The maximum absolute atomic E-state index is 13.0. The number of carbonyl (C=O) groups excluding carboxylic acids is 3. The van der Waals surface area contributed by atoms with E-state index in [4.69, 9.17) is 46.0 Å². The molecule has 0 aliphatic carbocycles. The van der Waals surface area contributed by atoms with Gasteiger partial charge in [-0.15, -0.1) is 0 Å². The number of nitrogens with one attached hydrogen (secondary N) is 2. The summed E-state index contributed by atoms with van der Waals surface area (Å²) in [6.07, 6.45) is 7.55. The van der Waals surface area contributed by atoms with Crippen LogP contribution in [0.1, 0.15) is 106 Å². The van der Waals surface area contributed by atoms with Gasteiger partial charge in [0.05, 0.1) is 13.2 Å². The highest BCUT2D eigenvalue weighted by Crippen LogP contribution is 2.19. The summed E-state index contributed by atoms with van der Waals surface area (Å²) >= 11 is 0. The maximum Gasteiger partial charge on any atom is 0.501 e. The third-order valence-electron chi connectivity index (χ3n) is 7.46. The second kappa shape index (κ2) is 33.1. The molecule has 0 fully saturated rings. The van der Waals surface area contributed by atoms with Crippen LogP contribution in [0.2, 0.25) is 12.1 Å². The molecule has 0 unspecified atom stereocenters. The molecule has 0 saturated carbocycles. The van der Waals surface area contributed by atoms with Crippen molar-refractivity contribution >= 4 is 35.8 Å². The average Bonchev–Trinajstić information content (AvgIpc) is 3.11. The van der Waals surface area contributed by atoms with Gasteiger partial charge in [0.15, 0.2) is 0 Å². The van der Waals surface area contributed by atoms with Crippen LogP contribution in [0.5, 0.6) is 0 Å². The second-order valence-corrected chi connectivity index (χ2v) is 17.0. The molecule has 0 aliphatic rings. The zero-order valence-electron chi connectivity index (χ0n) is 32.8. The molecule has 16 nitrogen and oxygen atoms in total. The molecule has 18 heteroatoms. The van der Waals surface area contributed by atoms with Crippen molar-refractivity contribution in [3.63, 3.8) is 0 Å². The molecule has 0 aliphatic heterocycles. The van der Waals surface area contributed by atoms with Gasteiger partial charge in [0.25, 0.3) is 6.26 Å². The number of alkyl carbamates (subject to hydrolysis) is 1. The van der Waals surface area contributed by atoms with Crippen LogP contribution < -0.4 is 10.6 Å². The van der Waals surface area contributed by atoms with Gasteiger partial charge in [-0.1, -0.05) is 19.3 Å². The van der Waals surface area contributed by atoms with E-state index >= 15 is 0 Å². The van der Waals surface area contributed by atoms with Crippen LogP contribution in [0.15, 0.2) is 0 Å². The fraction of sp³-hybridized carbons (Fsp3) is 0.882. The van der Waals surface area contributed by atoms with Crippen LogP contribution in [0.3, 0.4) is 0 Å². The first-order valence-electron chi connectivity index (χ1n) is 19.2. The van der Waals surface area contributed by atoms with Crippen LogP contribution in [-0.2, 0) is 40.8 Å². The number of nitriles is 1. The number of nitrogens with zero attached hydrogens (tertiary/aromatic N) is 2. The fourth-order valence-corrected chi connectivity index (χ4v) is 10.4.